The van der Waals surface area contributed by atoms with Gasteiger partial charge in [-0.2, -0.15) is 0 Å². The monoisotopic (exact) mass is 1670 g/mol. The van der Waals surface area contributed by atoms with Crippen molar-refractivity contribution < 1.29 is 8.83 Å². The first-order valence-electron chi connectivity index (χ1n) is 45.3. The lowest BCUT2D eigenvalue weighted by molar-refractivity contribution is 0.506. The van der Waals surface area contributed by atoms with Gasteiger partial charge in [0.2, 0.25) is 0 Å². The maximum Gasteiger partial charge on any atom is 0.141 e. The molecule has 1 aliphatic heterocycles. The minimum atomic E-state index is -0.544. The molecule has 24 aromatic rings. The molecule has 17 aromatic carbocycles. The van der Waals surface area contributed by atoms with Gasteiger partial charge in [-0.25, -0.2) is 9.97 Å². The number of pyridine rings is 3. The average Bonchev–Trinajstić information content (AvgIpc) is 1.51. The fourth-order valence-electron chi connectivity index (χ4n) is 24.5. The van der Waals surface area contributed by atoms with Crippen LogP contribution in [0, 0.1) is 0 Å². The Hall–Kier alpha value is -16.9. The highest BCUT2D eigenvalue weighted by Crippen LogP contribution is 2.69. The Bertz CT molecular complexity index is 8990. The fourth-order valence-corrected chi connectivity index (χ4v) is 24.5. The maximum atomic E-state index is 6.93. The summed E-state index contributed by atoms with van der Waals surface area (Å²) in [5.74, 6) is 3.09. The van der Waals surface area contributed by atoms with Gasteiger partial charge in [-0.3, -0.25) is 9.97 Å². The van der Waals surface area contributed by atoms with Crippen LogP contribution in [0.5, 0.6) is 0 Å². The van der Waals surface area contributed by atoms with E-state index in [9.17, 15) is 0 Å². The number of nitrogens with zero attached hydrogens (tertiary/aromatic N) is 5. The molecule has 3 spiro atoms. The lowest BCUT2D eigenvalue weighted by Crippen LogP contribution is -2.27. The molecule has 7 aliphatic rings. The van der Waals surface area contributed by atoms with Crippen LogP contribution < -0.4 is 0 Å². The van der Waals surface area contributed by atoms with Crippen LogP contribution in [-0.2, 0) is 22.7 Å². The molecule has 0 saturated heterocycles. The number of nitrogens with one attached hydrogen (secondary N) is 1. The highest BCUT2D eigenvalue weighted by Gasteiger charge is 2.58. The number of hydrogen-bond donors (Lipinski definition) is 1. The van der Waals surface area contributed by atoms with Crippen LogP contribution in [0.25, 0.3) is 188 Å². The molecule has 131 heavy (non-hydrogen) atoms. The Labute approximate surface area is 753 Å². The minimum Gasteiger partial charge on any atom is -0.459 e. The Kier molecular flexibility index (Phi) is 14.9. The Morgan fingerprint density at radius 2 is 0.756 bits per heavy atom. The summed E-state index contributed by atoms with van der Waals surface area (Å²) in [4.78, 5) is 23.9. The van der Waals surface area contributed by atoms with E-state index in [1.165, 1.54) is 178 Å². The van der Waals surface area contributed by atoms with Crippen molar-refractivity contribution >= 4 is 76.6 Å². The van der Waals surface area contributed by atoms with Crippen LogP contribution >= 0.6 is 0 Å². The van der Waals surface area contributed by atoms with E-state index in [0.29, 0.717) is 0 Å². The first kappa shape index (κ1) is 72.2. The van der Waals surface area contributed by atoms with E-state index in [1.54, 1.807) is 0 Å². The van der Waals surface area contributed by atoms with E-state index in [2.05, 4.69) is 415 Å². The molecule has 31 rings (SSSR count). The van der Waals surface area contributed by atoms with E-state index >= 15 is 0 Å². The molecule has 0 bridgehead atoms. The van der Waals surface area contributed by atoms with Gasteiger partial charge in [0.15, 0.2) is 0 Å². The van der Waals surface area contributed by atoms with Crippen LogP contribution in [0.1, 0.15) is 84.5 Å². The number of furan rings is 2. The highest BCUT2D eigenvalue weighted by atomic mass is 16.3. The van der Waals surface area contributed by atoms with Crippen LogP contribution in [0.2, 0.25) is 0 Å². The van der Waals surface area contributed by atoms with Gasteiger partial charge in [0.25, 0.3) is 0 Å². The predicted octanol–water partition coefficient (Wildman–Crippen LogP) is 29.9. The van der Waals surface area contributed by atoms with Crippen molar-refractivity contribution in [1.82, 2.24) is 29.5 Å². The molecule has 7 aromatic heterocycles. The molecule has 0 saturated carbocycles. The molecule has 0 amide bonds. The zero-order chi connectivity index (χ0) is 85.5. The fraction of sp³-hybridized carbons (Fsp3) is 0.0407. The van der Waals surface area contributed by atoms with Gasteiger partial charge in [0.1, 0.15) is 39.3 Å². The largest absolute Gasteiger partial charge is 0.459 e. The lowest BCUT2D eigenvalue weighted by atomic mass is 9.72. The average molecular weight is 1670 g/mol. The molecule has 1 N–H and O–H groups in total. The number of imidazole rings is 1. The van der Waals surface area contributed by atoms with E-state index in [0.717, 1.165) is 95.4 Å². The molecule has 8 nitrogen and oxygen atoms in total. The smallest absolute Gasteiger partial charge is 0.141 e. The number of H-pyrrole nitrogens is 1. The third kappa shape index (κ3) is 9.65. The van der Waals surface area contributed by atoms with Crippen LogP contribution in [0.3, 0.4) is 0 Å². The van der Waals surface area contributed by atoms with Crippen molar-refractivity contribution in [2.24, 2.45) is 0 Å². The molecule has 0 radical (unpaired) electrons. The summed E-state index contributed by atoms with van der Waals surface area (Å²) >= 11 is 0. The molecule has 8 heterocycles. The first-order chi connectivity index (χ1) is 65.0. The molecule has 6 aliphatic carbocycles. The summed E-state index contributed by atoms with van der Waals surface area (Å²) in [6, 6.07) is 150. The zero-order valence-corrected chi connectivity index (χ0v) is 70.8. The van der Waals surface area contributed by atoms with Gasteiger partial charge < -0.3 is 18.4 Å². The molecular formula is C123H74N6O2. The Morgan fingerprint density at radius 1 is 0.290 bits per heavy atom. The molecule has 608 valence electrons. The van der Waals surface area contributed by atoms with E-state index in [-0.39, 0.29) is 6.04 Å². The molecule has 8 heteroatoms. The van der Waals surface area contributed by atoms with E-state index in [1.807, 2.05) is 24.5 Å². The SMILES string of the molecule is c1ccc2c(c1)-c1ccc(-c3ccc(-c4cccc5cccnc45)cc3)cc1C21c2ccccc2-c2c1oc1ccccc21.c1ccc2c(c1)-c1ccccc1C21c2cccc(-c3ccc4ccc5cccnc5c4n3)c2-c2c1oc1ccccc21.c1ccc2c(c1)CC(c1ccc3c(c1)C1(c4ccccc4-c4ccccc41)c1[nH]c4ccccc4c1-3)n1c-2nc2ccccc21. The van der Waals surface area contributed by atoms with Gasteiger partial charge >= 0.3 is 0 Å². The zero-order valence-electron chi connectivity index (χ0n) is 70.8. The second-order valence-corrected chi connectivity index (χ2v) is 35.9. The Balaban J connectivity index is 0.0000000966. The standard InChI is InChI=1S/C42H27N3.C42H25NO.C39H22N2O/c1-2-12-27-25(11-1)24-38(45-37-20-10-9-19-36(37)44-41(27)45)26-21-22-30-34(23-26)42(40-39(30)31-15-5-8-18-35(31)43-40)32-16-6-3-13-28(32)29-14-4-7-17-33(29)42;1-4-15-35-31(11-1)32-23-22-29(26-18-20-27(21-19-26)30-14-7-9-28-10-8-24-43-40(28)30)25-37(32)42(35)36-16-5-2-12-33(36)39-34-13-3-6-17-38(34)44-41(39)42;1-4-14-29-25(10-1)26-11-2-5-15-30(26)39(29)31-16-7-13-27(34(31)35-28-12-3-6-17-33(28)42-38(35)39)32-21-20-24-19-18-23-9-8-22-40-36(23)37(24)41-32/h1-23,38,43H,24H2;1-25H;1-22H. The summed E-state index contributed by atoms with van der Waals surface area (Å²) in [6.07, 6.45) is 4.64. The summed E-state index contributed by atoms with van der Waals surface area (Å²) in [7, 11) is 0. The number of aromatic nitrogens is 6. The lowest BCUT2D eigenvalue weighted by Gasteiger charge is -2.32. The van der Waals surface area contributed by atoms with E-state index < -0.39 is 16.2 Å². The van der Waals surface area contributed by atoms with Gasteiger partial charge in [-0.05, 0) is 183 Å². The van der Waals surface area contributed by atoms with E-state index in [4.69, 9.17) is 23.8 Å². The third-order valence-electron chi connectivity index (χ3n) is 29.8. The molecular weight excluding hydrogens is 1590 g/mol. The number of hydrogen-bond acceptors (Lipinski definition) is 6. The first-order valence-corrected chi connectivity index (χ1v) is 45.3. The van der Waals surface area contributed by atoms with Crippen LogP contribution in [0.4, 0.5) is 0 Å². The van der Waals surface area contributed by atoms with Crippen molar-refractivity contribution in [3.05, 3.63) is 503 Å². The van der Waals surface area contributed by atoms with Crippen LogP contribution in [-0.4, -0.2) is 29.5 Å². The third-order valence-corrected chi connectivity index (χ3v) is 29.8. The Morgan fingerprint density at radius 3 is 1.45 bits per heavy atom. The van der Waals surface area contributed by atoms with Gasteiger partial charge in [-0.15, -0.1) is 0 Å². The minimum absolute atomic E-state index is 0.132. The van der Waals surface area contributed by atoms with Crippen molar-refractivity contribution in [2.45, 2.75) is 28.7 Å². The maximum absolute atomic E-state index is 6.93. The summed E-state index contributed by atoms with van der Waals surface area (Å²) in [5.41, 5.74) is 45.6. The van der Waals surface area contributed by atoms with Crippen molar-refractivity contribution in [2.75, 3.05) is 0 Å². The number of fused-ring (bicyclic) bond motifs is 45. The topological polar surface area (TPSA) is 98.6 Å². The van der Waals surface area contributed by atoms with Gasteiger partial charge in [0, 0.05) is 94.9 Å². The predicted molar refractivity (Wildman–Crippen MR) is 529 cm³/mol. The molecule has 2 atom stereocenters. The number of para-hydroxylation sites is 6. The summed E-state index contributed by atoms with van der Waals surface area (Å²) < 4.78 is 16.3. The summed E-state index contributed by atoms with van der Waals surface area (Å²) in [5, 5.41) is 6.92. The number of rotatable bonds is 4. The quantitative estimate of drug-likeness (QED) is 0.176. The second-order valence-electron chi connectivity index (χ2n) is 35.9. The number of benzene rings is 17. The summed E-state index contributed by atoms with van der Waals surface area (Å²) in [6.45, 7) is 0. The highest BCUT2D eigenvalue weighted by molar-refractivity contribution is 6.12. The van der Waals surface area contributed by atoms with Crippen LogP contribution in [0.15, 0.2) is 434 Å². The normalized spacial score (nSPS) is 15.4. The van der Waals surface area contributed by atoms with Crippen molar-refractivity contribution in [3.63, 3.8) is 0 Å². The van der Waals surface area contributed by atoms with Crippen molar-refractivity contribution in [3.8, 4) is 112 Å². The number of aromatic amines is 1. The molecule has 2 unspecified atom stereocenters. The van der Waals surface area contributed by atoms with Gasteiger partial charge in [0.05, 0.1) is 44.7 Å². The molecule has 0 fully saturated rings. The van der Waals surface area contributed by atoms with Crippen molar-refractivity contribution in [1.29, 1.82) is 0 Å². The van der Waals surface area contributed by atoms with Gasteiger partial charge in [-0.1, -0.05) is 358 Å². The second kappa shape index (κ2) is 27.1.